The van der Waals surface area contributed by atoms with Crippen LogP contribution in [0.5, 0.6) is 0 Å². The van der Waals surface area contributed by atoms with Crippen LogP contribution in [0.2, 0.25) is 0 Å². The fourth-order valence-electron chi connectivity index (χ4n) is 3.65. The van der Waals surface area contributed by atoms with Gasteiger partial charge in [0.25, 0.3) is 0 Å². The first-order valence-corrected chi connectivity index (χ1v) is 6.17. The van der Waals surface area contributed by atoms with Crippen molar-refractivity contribution in [3.8, 4) is 0 Å². The second kappa shape index (κ2) is 3.47. The molecule has 0 N–H and O–H groups in total. The molecule has 0 spiro atoms. The molecule has 0 aromatic carbocycles. The van der Waals surface area contributed by atoms with Gasteiger partial charge in [0, 0.05) is 11.8 Å². The van der Waals surface area contributed by atoms with Crippen LogP contribution in [0.15, 0.2) is 11.6 Å². The molecule has 84 valence electrons. The van der Waals surface area contributed by atoms with Crippen molar-refractivity contribution in [2.45, 2.75) is 47.0 Å². The van der Waals surface area contributed by atoms with Gasteiger partial charge in [0.05, 0.1) is 0 Å². The highest BCUT2D eigenvalue weighted by Crippen LogP contribution is 2.52. The molecule has 1 nitrogen and oxygen atoms in total. The molecule has 1 fully saturated rings. The summed E-state index contributed by atoms with van der Waals surface area (Å²) in [5.41, 5.74) is 1.41. The fraction of sp³-hybridized carbons (Fsp3) is 0.786. The van der Waals surface area contributed by atoms with Crippen LogP contribution in [0.25, 0.3) is 0 Å². The maximum absolute atomic E-state index is 12.2. The lowest BCUT2D eigenvalue weighted by Gasteiger charge is -2.49. The monoisotopic (exact) mass is 206 g/mol. The summed E-state index contributed by atoms with van der Waals surface area (Å²) in [6.07, 6.45) is 5.34. The van der Waals surface area contributed by atoms with Crippen LogP contribution >= 0.6 is 0 Å². The van der Waals surface area contributed by atoms with Crippen molar-refractivity contribution in [2.75, 3.05) is 0 Å². The van der Waals surface area contributed by atoms with Crippen molar-refractivity contribution >= 4 is 5.78 Å². The Hall–Kier alpha value is -0.590. The Labute approximate surface area is 92.9 Å². The van der Waals surface area contributed by atoms with Crippen LogP contribution in [-0.2, 0) is 4.79 Å². The molecule has 0 saturated heterocycles. The molecular weight excluding hydrogens is 184 g/mol. The Bertz CT molecular complexity index is 315. The van der Waals surface area contributed by atoms with E-state index in [4.69, 9.17) is 0 Å². The first-order chi connectivity index (χ1) is 6.96. The van der Waals surface area contributed by atoms with Crippen LogP contribution in [-0.4, -0.2) is 5.78 Å². The van der Waals surface area contributed by atoms with E-state index < -0.39 is 0 Å². The smallest absolute Gasteiger partial charge is 0.139 e. The maximum Gasteiger partial charge on any atom is 0.139 e. The summed E-state index contributed by atoms with van der Waals surface area (Å²) in [4.78, 5) is 12.2. The third-order valence-electron chi connectivity index (χ3n) is 4.91. The van der Waals surface area contributed by atoms with Gasteiger partial charge in [0.2, 0.25) is 0 Å². The van der Waals surface area contributed by atoms with Gasteiger partial charge in [0.1, 0.15) is 5.78 Å². The lowest BCUT2D eigenvalue weighted by molar-refractivity contribution is -0.140. The molecule has 1 heteroatoms. The first-order valence-electron chi connectivity index (χ1n) is 6.17. The molecule has 0 radical (unpaired) electrons. The van der Waals surface area contributed by atoms with Crippen molar-refractivity contribution in [2.24, 2.45) is 23.2 Å². The molecule has 2 aliphatic rings. The highest BCUT2D eigenvalue weighted by molar-refractivity contribution is 5.86. The Morgan fingerprint density at radius 2 is 2.07 bits per heavy atom. The first kappa shape index (κ1) is 10.9. The number of Topliss-reactive ketones (excluding diaryl/α,β-unsaturated/α-hetero) is 1. The molecule has 2 aliphatic carbocycles. The molecular formula is C14H22O. The molecule has 0 aromatic rings. The fourth-order valence-corrected chi connectivity index (χ4v) is 3.65. The molecule has 0 amide bonds. The molecule has 15 heavy (non-hydrogen) atoms. The Kier molecular flexibility index (Phi) is 2.52. The van der Waals surface area contributed by atoms with Crippen LogP contribution in [0.4, 0.5) is 0 Å². The zero-order chi connectivity index (χ0) is 11.2. The predicted molar refractivity (Wildman–Crippen MR) is 62.5 cm³/mol. The van der Waals surface area contributed by atoms with Gasteiger partial charge in [-0.2, -0.15) is 0 Å². The van der Waals surface area contributed by atoms with Gasteiger partial charge >= 0.3 is 0 Å². The zero-order valence-corrected chi connectivity index (χ0v) is 10.3. The van der Waals surface area contributed by atoms with Gasteiger partial charge < -0.3 is 0 Å². The van der Waals surface area contributed by atoms with Gasteiger partial charge in [-0.05, 0) is 37.5 Å². The van der Waals surface area contributed by atoms with Gasteiger partial charge in [-0.25, -0.2) is 0 Å². The minimum absolute atomic E-state index is 0.0722. The van der Waals surface area contributed by atoms with E-state index in [1.807, 2.05) is 0 Å². The summed E-state index contributed by atoms with van der Waals surface area (Å²) >= 11 is 0. The summed E-state index contributed by atoms with van der Waals surface area (Å²) in [5, 5.41) is 0. The van der Waals surface area contributed by atoms with Crippen molar-refractivity contribution < 1.29 is 4.79 Å². The average Bonchev–Trinajstić information content (AvgIpc) is 2.17. The van der Waals surface area contributed by atoms with Crippen molar-refractivity contribution in [3.63, 3.8) is 0 Å². The topological polar surface area (TPSA) is 17.1 Å². The summed E-state index contributed by atoms with van der Waals surface area (Å²) < 4.78 is 0. The third-order valence-corrected chi connectivity index (χ3v) is 4.91. The number of ketones is 1. The van der Waals surface area contributed by atoms with E-state index in [1.54, 1.807) is 0 Å². The standard InChI is InChI=1S/C14H22O/c1-9-7-11(3)14(4)12(8-9)10(2)5-6-13(14)15/h7,10-12H,5-6,8H2,1-4H3/t10-,11-,12-,14-/m0/s1. The molecule has 4 atom stereocenters. The molecule has 0 unspecified atom stereocenters. The van der Waals surface area contributed by atoms with Crippen molar-refractivity contribution in [1.82, 2.24) is 0 Å². The van der Waals surface area contributed by atoms with Crippen molar-refractivity contribution in [3.05, 3.63) is 11.6 Å². The number of allylic oxidation sites excluding steroid dienone is 2. The van der Waals surface area contributed by atoms with Crippen LogP contribution in [0.1, 0.15) is 47.0 Å². The molecule has 0 aromatic heterocycles. The average molecular weight is 206 g/mol. The van der Waals surface area contributed by atoms with Crippen LogP contribution < -0.4 is 0 Å². The molecule has 0 bridgehead atoms. The van der Waals surface area contributed by atoms with Gasteiger partial charge in [-0.3, -0.25) is 4.79 Å². The summed E-state index contributed by atoms with van der Waals surface area (Å²) in [5.74, 6) is 2.21. The number of carbonyl (C=O) groups excluding carboxylic acids is 1. The number of carbonyl (C=O) groups is 1. The van der Waals surface area contributed by atoms with E-state index in [2.05, 4.69) is 33.8 Å². The highest BCUT2D eigenvalue weighted by atomic mass is 16.1. The largest absolute Gasteiger partial charge is 0.299 e. The van der Waals surface area contributed by atoms with E-state index in [0.29, 0.717) is 23.5 Å². The molecule has 2 rings (SSSR count). The van der Waals surface area contributed by atoms with E-state index in [9.17, 15) is 4.79 Å². The number of fused-ring (bicyclic) bond motifs is 1. The third kappa shape index (κ3) is 1.47. The Morgan fingerprint density at radius 1 is 1.40 bits per heavy atom. The van der Waals surface area contributed by atoms with E-state index in [1.165, 1.54) is 5.57 Å². The second-order valence-electron chi connectivity index (χ2n) is 5.83. The SMILES string of the molecule is CC1=C[C@H](C)[C@]2(C)C(=O)CC[C@H](C)[C@@H]2C1. The molecule has 1 saturated carbocycles. The second-order valence-corrected chi connectivity index (χ2v) is 5.83. The normalized spacial score (nSPS) is 46.0. The minimum atomic E-state index is -0.0722. The van der Waals surface area contributed by atoms with E-state index in [-0.39, 0.29) is 5.41 Å². The minimum Gasteiger partial charge on any atom is -0.299 e. The summed E-state index contributed by atoms with van der Waals surface area (Å²) in [6, 6.07) is 0. The van der Waals surface area contributed by atoms with Gasteiger partial charge in [0.15, 0.2) is 0 Å². The maximum atomic E-state index is 12.2. The Morgan fingerprint density at radius 3 is 2.73 bits per heavy atom. The Balaban J connectivity index is 2.41. The molecule has 0 aliphatic heterocycles. The highest BCUT2D eigenvalue weighted by Gasteiger charge is 2.50. The number of hydrogen-bond donors (Lipinski definition) is 0. The van der Waals surface area contributed by atoms with E-state index in [0.717, 1.165) is 19.3 Å². The number of hydrogen-bond acceptors (Lipinski definition) is 1. The lowest BCUT2D eigenvalue weighted by atomic mass is 9.53. The van der Waals surface area contributed by atoms with Crippen LogP contribution in [0.3, 0.4) is 0 Å². The zero-order valence-electron chi connectivity index (χ0n) is 10.3. The van der Waals surface area contributed by atoms with Crippen LogP contribution in [0, 0.1) is 23.2 Å². The molecule has 0 heterocycles. The van der Waals surface area contributed by atoms with Gasteiger partial charge in [-0.15, -0.1) is 0 Å². The lowest BCUT2D eigenvalue weighted by Crippen LogP contribution is -2.49. The van der Waals surface area contributed by atoms with Crippen molar-refractivity contribution in [1.29, 1.82) is 0 Å². The van der Waals surface area contributed by atoms with Gasteiger partial charge in [-0.1, -0.05) is 32.4 Å². The quantitative estimate of drug-likeness (QED) is 0.553. The summed E-state index contributed by atoms with van der Waals surface area (Å²) in [6.45, 7) is 8.94. The predicted octanol–water partition coefficient (Wildman–Crippen LogP) is 3.59. The number of rotatable bonds is 0. The van der Waals surface area contributed by atoms with E-state index >= 15 is 0 Å². The summed E-state index contributed by atoms with van der Waals surface area (Å²) in [7, 11) is 0.